The molecule has 0 aliphatic carbocycles. The maximum Gasteiger partial charge on any atom is 0.205 e. The van der Waals surface area contributed by atoms with Gasteiger partial charge >= 0.3 is 0 Å². The third kappa shape index (κ3) is 3.15. The molecular weight excluding hydrogens is 292 g/mol. The number of benzene rings is 2. The Morgan fingerprint density at radius 1 is 1.04 bits per heavy atom. The van der Waals surface area contributed by atoms with E-state index in [1.807, 2.05) is 49.4 Å². The van der Waals surface area contributed by atoms with E-state index in [9.17, 15) is 0 Å². The monoisotopic (exact) mass is 310 g/mol. The van der Waals surface area contributed by atoms with E-state index >= 15 is 0 Å². The van der Waals surface area contributed by atoms with Gasteiger partial charge in [0.05, 0.1) is 20.8 Å². The van der Waals surface area contributed by atoms with Gasteiger partial charge in [-0.05, 0) is 35.9 Å². The summed E-state index contributed by atoms with van der Waals surface area (Å²) >= 11 is 0. The molecule has 0 saturated carbocycles. The molecule has 0 amide bonds. The Morgan fingerprint density at radius 2 is 1.87 bits per heavy atom. The van der Waals surface area contributed by atoms with Gasteiger partial charge in [0, 0.05) is 11.1 Å². The zero-order valence-corrected chi connectivity index (χ0v) is 13.4. The van der Waals surface area contributed by atoms with E-state index in [4.69, 9.17) is 9.47 Å². The molecule has 2 aromatic carbocycles. The minimum atomic E-state index is 0.458. The van der Waals surface area contributed by atoms with Gasteiger partial charge in [0.15, 0.2) is 0 Å². The zero-order chi connectivity index (χ0) is 16.2. The van der Waals surface area contributed by atoms with Crippen molar-refractivity contribution in [2.24, 2.45) is 0 Å². The minimum absolute atomic E-state index is 0.458. The second-order valence-corrected chi connectivity index (χ2v) is 5.14. The van der Waals surface area contributed by atoms with Gasteiger partial charge in [-0.2, -0.15) is 4.80 Å². The van der Waals surface area contributed by atoms with E-state index in [0.717, 1.165) is 28.2 Å². The second-order valence-electron chi connectivity index (χ2n) is 5.14. The Balaban J connectivity index is 1.89. The van der Waals surface area contributed by atoms with Crippen molar-refractivity contribution in [3.63, 3.8) is 0 Å². The molecule has 0 radical (unpaired) electrons. The predicted octanol–water partition coefficient (Wildman–Crippen LogP) is 2.71. The van der Waals surface area contributed by atoms with Crippen LogP contribution >= 0.6 is 0 Å². The summed E-state index contributed by atoms with van der Waals surface area (Å²) in [6, 6.07) is 13.6. The van der Waals surface area contributed by atoms with Gasteiger partial charge in [-0.15, -0.1) is 10.2 Å². The summed E-state index contributed by atoms with van der Waals surface area (Å²) in [5, 5.41) is 12.8. The van der Waals surface area contributed by atoms with E-state index in [0.29, 0.717) is 12.4 Å². The lowest BCUT2D eigenvalue weighted by Gasteiger charge is -2.09. The molecule has 118 valence electrons. The SMILES string of the molecule is COc1ccc(OC)c(Cn2nnc(-c3ccccc3C)n2)c1. The quantitative estimate of drug-likeness (QED) is 0.725. The zero-order valence-electron chi connectivity index (χ0n) is 13.4. The number of aryl methyl sites for hydroxylation is 1. The average molecular weight is 310 g/mol. The summed E-state index contributed by atoms with van der Waals surface area (Å²) in [5.41, 5.74) is 3.03. The van der Waals surface area contributed by atoms with Gasteiger partial charge < -0.3 is 9.47 Å². The molecule has 6 heteroatoms. The third-order valence-corrected chi connectivity index (χ3v) is 3.64. The van der Waals surface area contributed by atoms with Crippen LogP contribution in [-0.2, 0) is 6.54 Å². The number of rotatable bonds is 5. The first kappa shape index (κ1) is 15.0. The number of methoxy groups -OCH3 is 2. The van der Waals surface area contributed by atoms with Crippen molar-refractivity contribution in [2.75, 3.05) is 14.2 Å². The fourth-order valence-electron chi connectivity index (χ4n) is 2.40. The predicted molar refractivity (Wildman–Crippen MR) is 86.6 cm³/mol. The van der Waals surface area contributed by atoms with Crippen molar-refractivity contribution in [1.29, 1.82) is 0 Å². The number of nitrogens with zero attached hydrogens (tertiary/aromatic N) is 4. The minimum Gasteiger partial charge on any atom is -0.497 e. The molecule has 3 aromatic rings. The maximum absolute atomic E-state index is 5.38. The molecule has 6 nitrogen and oxygen atoms in total. The highest BCUT2D eigenvalue weighted by molar-refractivity contribution is 5.58. The van der Waals surface area contributed by atoms with Crippen LogP contribution in [0.4, 0.5) is 0 Å². The first-order valence-corrected chi connectivity index (χ1v) is 7.26. The summed E-state index contributed by atoms with van der Waals surface area (Å²) in [6.45, 7) is 2.49. The summed E-state index contributed by atoms with van der Waals surface area (Å²) in [7, 11) is 3.27. The molecule has 0 unspecified atom stereocenters. The molecule has 0 saturated heterocycles. The van der Waals surface area contributed by atoms with Crippen LogP contribution in [0.5, 0.6) is 11.5 Å². The van der Waals surface area contributed by atoms with Crippen molar-refractivity contribution in [1.82, 2.24) is 20.2 Å². The van der Waals surface area contributed by atoms with E-state index < -0.39 is 0 Å². The van der Waals surface area contributed by atoms with Gasteiger partial charge in [0.1, 0.15) is 11.5 Å². The van der Waals surface area contributed by atoms with Crippen LogP contribution in [0.2, 0.25) is 0 Å². The van der Waals surface area contributed by atoms with Crippen LogP contribution in [0.3, 0.4) is 0 Å². The normalized spacial score (nSPS) is 10.6. The Hall–Kier alpha value is -2.89. The maximum atomic E-state index is 5.38. The number of aromatic nitrogens is 4. The molecule has 0 spiro atoms. The van der Waals surface area contributed by atoms with Crippen LogP contribution in [0.1, 0.15) is 11.1 Å². The Bertz CT molecular complexity index is 814. The molecule has 0 aliphatic rings. The van der Waals surface area contributed by atoms with Crippen molar-refractivity contribution >= 4 is 0 Å². The van der Waals surface area contributed by atoms with Crippen LogP contribution in [0.25, 0.3) is 11.4 Å². The van der Waals surface area contributed by atoms with E-state index in [1.165, 1.54) is 0 Å². The lowest BCUT2D eigenvalue weighted by Crippen LogP contribution is -2.06. The van der Waals surface area contributed by atoms with E-state index in [1.54, 1.807) is 19.0 Å². The number of hydrogen-bond donors (Lipinski definition) is 0. The molecular formula is C17H18N4O2. The first-order chi connectivity index (χ1) is 11.2. The van der Waals surface area contributed by atoms with Crippen molar-refractivity contribution in [3.8, 4) is 22.9 Å². The van der Waals surface area contributed by atoms with Crippen LogP contribution < -0.4 is 9.47 Å². The van der Waals surface area contributed by atoms with Crippen molar-refractivity contribution < 1.29 is 9.47 Å². The summed E-state index contributed by atoms with van der Waals surface area (Å²) in [4.78, 5) is 1.55. The van der Waals surface area contributed by atoms with E-state index in [2.05, 4.69) is 15.4 Å². The molecule has 0 aliphatic heterocycles. The highest BCUT2D eigenvalue weighted by atomic mass is 16.5. The Morgan fingerprint density at radius 3 is 2.61 bits per heavy atom. The van der Waals surface area contributed by atoms with Gasteiger partial charge in [-0.25, -0.2) is 0 Å². The fourth-order valence-corrected chi connectivity index (χ4v) is 2.40. The van der Waals surface area contributed by atoms with Crippen LogP contribution in [-0.4, -0.2) is 34.4 Å². The number of tetrazole rings is 1. The molecule has 0 bridgehead atoms. The highest BCUT2D eigenvalue weighted by Gasteiger charge is 2.11. The molecule has 23 heavy (non-hydrogen) atoms. The van der Waals surface area contributed by atoms with E-state index in [-0.39, 0.29) is 0 Å². The molecule has 0 atom stereocenters. The largest absolute Gasteiger partial charge is 0.497 e. The first-order valence-electron chi connectivity index (χ1n) is 7.26. The van der Waals surface area contributed by atoms with Crippen LogP contribution in [0.15, 0.2) is 42.5 Å². The smallest absolute Gasteiger partial charge is 0.205 e. The second kappa shape index (κ2) is 6.48. The topological polar surface area (TPSA) is 62.1 Å². The third-order valence-electron chi connectivity index (χ3n) is 3.64. The standard InChI is InChI=1S/C17H18N4O2/c1-12-6-4-5-7-15(12)17-18-20-21(19-17)11-13-10-14(22-2)8-9-16(13)23-3/h4-10H,11H2,1-3H3. The average Bonchev–Trinajstić information content (AvgIpc) is 3.03. The highest BCUT2D eigenvalue weighted by Crippen LogP contribution is 2.25. The molecule has 1 heterocycles. The van der Waals surface area contributed by atoms with Gasteiger partial charge in [0.2, 0.25) is 5.82 Å². The summed E-state index contributed by atoms with van der Waals surface area (Å²) < 4.78 is 10.6. The van der Waals surface area contributed by atoms with Crippen molar-refractivity contribution in [2.45, 2.75) is 13.5 Å². The fraction of sp³-hybridized carbons (Fsp3) is 0.235. The lowest BCUT2D eigenvalue weighted by molar-refractivity contribution is 0.395. The Labute approximate surface area is 134 Å². The molecule has 0 fully saturated rings. The van der Waals surface area contributed by atoms with Gasteiger partial charge in [-0.3, -0.25) is 0 Å². The van der Waals surface area contributed by atoms with Gasteiger partial charge in [0.25, 0.3) is 0 Å². The molecule has 1 aromatic heterocycles. The number of hydrogen-bond acceptors (Lipinski definition) is 5. The summed E-state index contributed by atoms with van der Waals surface area (Å²) in [6.07, 6.45) is 0. The lowest BCUT2D eigenvalue weighted by atomic mass is 10.1. The summed E-state index contributed by atoms with van der Waals surface area (Å²) in [5.74, 6) is 2.14. The molecule has 0 N–H and O–H groups in total. The van der Waals surface area contributed by atoms with Crippen molar-refractivity contribution in [3.05, 3.63) is 53.6 Å². The molecule has 3 rings (SSSR count). The number of ether oxygens (including phenoxy) is 2. The van der Waals surface area contributed by atoms with Gasteiger partial charge in [-0.1, -0.05) is 24.3 Å². The van der Waals surface area contributed by atoms with Crippen LogP contribution in [0, 0.1) is 6.92 Å². The Kier molecular flexibility index (Phi) is 4.23.